The Kier molecular flexibility index (Phi) is 4.18. The van der Waals surface area contributed by atoms with E-state index in [1.807, 2.05) is 30.3 Å². The van der Waals surface area contributed by atoms with Gasteiger partial charge in [-0.3, -0.25) is 4.79 Å². The average Bonchev–Trinajstić information content (AvgIpc) is 2.43. The molecule has 0 saturated heterocycles. The Labute approximate surface area is 112 Å². The normalized spacial score (nSPS) is 10.3. The maximum absolute atomic E-state index is 11.9. The predicted molar refractivity (Wildman–Crippen MR) is 73.5 cm³/mol. The molecule has 0 saturated carbocycles. The van der Waals surface area contributed by atoms with E-state index in [0.717, 1.165) is 12.8 Å². The van der Waals surface area contributed by atoms with Gasteiger partial charge in [-0.05, 0) is 36.6 Å². The molecule has 19 heavy (non-hydrogen) atoms. The van der Waals surface area contributed by atoms with Crippen molar-refractivity contribution in [2.24, 2.45) is 0 Å². The standard InChI is InChI=1S/C16H16O3/c17-14(13-9-10-15(18)16(19)11-13)8-4-7-12-5-2-1-3-6-12/h1-3,5-6,9-11,18-19H,4,7-8H2. The van der Waals surface area contributed by atoms with Crippen LogP contribution in [0.5, 0.6) is 11.5 Å². The number of phenolic OH excluding ortho intramolecular Hbond substituents is 2. The molecule has 0 aliphatic heterocycles. The molecule has 2 aromatic rings. The van der Waals surface area contributed by atoms with Crippen molar-refractivity contribution < 1.29 is 15.0 Å². The van der Waals surface area contributed by atoms with E-state index in [4.69, 9.17) is 0 Å². The fourth-order valence-electron chi connectivity index (χ4n) is 1.94. The fraction of sp³-hybridized carbons (Fsp3) is 0.188. The molecule has 0 aromatic heterocycles. The number of carbonyl (C=O) groups excluding carboxylic acids is 1. The van der Waals surface area contributed by atoms with Crippen LogP contribution in [0.4, 0.5) is 0 Å². The van der Waals surface area contributed by atoms with E-state index >= 15 is 0 Å². The summed E-state index contributed by atoms with van der Waals surface area (Å²) in [5.41, 5.74) is 1.65. The lowest BCUT2D eigenvalue weighted by Crippen LogP contribution is -1.99. The number of hydrogen-bond donors (Lipinski definition) is 2. The van der Waals surface area contributed by atoms with Crippen LogP contribution in [0.15, 0.2) is 48.5 Å². The van der Waals surface area contributed by atoms with Crippen LogP contribution in [0, 0.1) is 0 Å². The fourth-order valence-corrected chi connectivity index (χ4v) is 1.94. The second-order valence-corrected chi connectivity index (χ2v) is 4.47. The highest BCUT2D eigenvalue weighted by Gasteiger charge is 2.08. The van der Waals surface area contributed by atoms with Crippen molar-refractivity contribution in [2.75, 3.05) is 0 Å². The van der Waals surface area contributed by atoms with Crippen LogP contribution in [0.25, 0.3) is 0 Å². The highest BCUT2D eigenvalue weighted by atomic mass is 16.3. The molecule has 98 valence electrons. The number of rotatable bonds is 5. The highest BCUT2D eigenvalue weighted by molar-refractivity contribution is 5.96. The first-order chi connectivity index (χ1) is 9.16. The number of benzene rings is 2. The summed E-state index contributed by atoms with van der Waals surface area (Å²) in [7, 11) is 0. The zero-order valence-corrected chi connectivity index (χ0v) is 10.5. The molecule has 0 atom stereocenters. The molecule has 0 spiro atoms. The van der Waals surface area contributed by atoms with Crippen LogP contribution in [0.3, 0.4) is 0 Å². The van der Waals surface area contributed by atoms with Gasteiger partial charge in [-0.15, -0.1) is 0 Å². The van der Waals surface area contributed by atoms with Gasteiger partial charge in [0.15, 0.2) is 17.3 Å². The van der Waals surface area contributed by atoms with Gasteiger partial charge in [0, 0.05) is 12.0 Å². The summed E-state index contributed by atoms with van der Waals surface area (Å²) in [4.78, 5) is 11.9. The molecule has 2 aromatic carbocycles. The minimum atomic E-state index is -0.256. The smallest absolute Gasteiger partial charge is 0.163 e. The Hall–Kier alpha value is -2.29. The van der Waals surface area contributed by atoms with Gasteiger partial charge in [-0.1, -0.05) is 30.3 Å². The van der Waals surface area contributed by atoms with Gasteiger partial charge in [-0.25, -0.2) is 0 Å². The largest absolute Gasteiger partial charge is 0.504 e. The van der Waals surface area contributed by atoms with E-state index in [9.17, 15) is 15.0 Å². The molecule has 0 fully saturated rings. The molecule has 0 bridgehead atoms. The monoisotopic (exact) mass is 256 g/mol. The van der Waals surface area contributed by atoms with Gasteiger partial charge in [0.2, 0.25) is 0 Å². The van der Waals surface area contributed by atoms with Crippen LogP contribution < -0.4 is 0 Å². The van der Waals surface area contributed by atoms with Gasteiger partial charge in [0.25, 0.3) is 0 Å². The van der Waals surface area contributed by atoms with Crippen molar-refractivity contribution in [1.82, 2.24) is 0 Å². The van der Waals surface area contributed by atoms with Crippen molar-refractivity contribution >= 4 is 5.78 Å². The highest BCUT2D eigenvalue weighted by Crippen LogP contribution is 2.25. The Morgan fingerprint density at radius 1 is 0.947 bits per heavy atom. The van der Waals surface area contributed by atoms with E-state index in [2.05, 4.69) is 0 Å². The van der Waals surface area contributed by atoms with Crippen LogP contribution in [-0.4, -0.2) is 16.0 Å². The number of aromatic hydroxyl groups is 2. The molecule has 3 nitrogen and oxygen atoms in total. The molecule has 2 rings (SSSR count). The summed E-state index contributed by atoms with van der Waals surface area (Å²) >= 11 is 0. The molecule has 0 radical (unpaired) electrons. The third-order valence-electron chi connectivity index (χ3n) is 3.01. The van der Waals surface area contributed by atoms with Gasteiger partial charge in [0.1, 0.15) is 0 Å². The van der Waals surface area contributed by atoms with Crippen molar-refractivity contribution in [3.8, 4) is 11.5 Å². The summed E-state index contributed by atoms with van der Waals surface area (Å²) in [6.45, 7) is 0. The summed E-state index contributed by atoms with van der Waals surface area (Å²) < 4.78 is 0. The quantitative estimate of drug-likeness (QED) is 0.637. The first-order valence-electron chi connectivity index (χ1n) is 6.26. The van der Waals surface area contributed by atoms with Crippen molar-refractivity contribution in [3.63, 3.8) is 0 Å². The lowest BCUT2D eigenvalue weighted by atomic mass is 10.0. The van der Waals surface area contributed by atoms with Crippen LogP contribution in [0.2, 0.25) is 0 Å². The minimum absolute atomic E-state index is 0.0220. The number of hydrogen-bond acceptors (Lipinski definition) is 3. The minimum Gasteiger partial charge on any atom is -0.504 e. The molecule has 3 heteroatoms. The molecule has 0 heterocycles. The van der Waals surface area contributed by atoms with E-state index in [1.54, 1.807) is 0 Å². The van der Waals surface area contributed by atoms with E-state index in [-0.39, 0.29) is 17.3 Å². The van der Waals surface area contributed by atoms with Crippen molar-refractivity contribution in [2.45, 2.75) is 19.3 Å². The molecule has 0 unspecified atom stereocenters. The topological polar surface area (TPSA) is 57.5 Å². The number of ketones is 1. The van der Waals surface area contributed by atoms with Crippen LogP contribution in [-0.2, 0) is 6.42 Å². The van der Waals surface area contributed by atoms with Gasteiger partial charge >= 0.3 is 0 Å². The second-order valence-electron chi connectivity index (χ2n) is 4.47. The third-order valence-corrected chi connectivity index (χ3v) is 3.01. The average molecular weight is 256 g/mol. The Balaban J connectivity index is 1.89. The molecule has 0 aliphatic rings. The number of Topliss-reactive ketones (excluding diaryl/α,β-unsaturated/α-hetero) is 1. The molecular formula is C16H16O3. The summed E-state index contributed by atoms with van der Waals surface area (Å²) in [5.74, 6) is -0.485. The SMILES string of the molecule is O=C(CCCc1ccccc1)c1ccc(O)c(O)c1. The van der Waals surface area contributed by atoms with Crippen LogP contribution in [0.1, 0.15) is 28.8 Å². The Bertz CT molecular complexity index is 561. The van der Waals surface area contributed by atoms with E-state index < -0.39 is 0 Å². The number of phenols is 2. The number of aryl methyl sites for hydroxylation is 1. The van der Waals surface area contributed by atoms with Gasteiger partial charge in [-0.2, -0.15) is 0 Å². The maximum atomic E-state index is 11.9. The van der Waals surface area contributed by atoms with Crippen molar-refractivity contribution in [1.29, 1.82) is 0 Å². The summed E-state index contributed by atoms with van der Waals surface area (Å²) in [5, 5.41) is 18.5. The molecule has 2 N–H and O–H groups in total. The van der Waals surface area contributed by atoms with Gasteiger partial charge < -0.3 is 10.2 Å². The molecule has 0 aliphatic carbocycles. The lowest BCUT2D eigenvalue weighted by Gasteiger charge is -2.03. The number of carbonyl (C=O) groups is 1. The molecule has 0 amide bonds. The van der Waals surface area contributed by atoms with Crippen molar-refractivity contribution in [3.05, 3.63) is 59.7 Å². The zero-order chi connectivity index (χ0) is 13.7. The first kappa shape index (κ1) is 13.1. The van der Waals surface area contributed by atoms with E-state index in [1.165, 1.54) is 23.8 Å². The summed E-state index contributed by atoms with van der Waals surface area (Å²) in [6.07, 6.45) is 2.06. The van der Waals surface area contributed by atoms with E-state index in [0.29, 0.717) is 12.0 Å². The third kappa shape index (κ3) is 3.58. The van der Waals surface area contributed by atoms with Crippen LogP contribution >= 0.6 is 0 Å². The van der Waals surface area contributed by atoms with Gasteiger partial charge in [0.05, 0.1) is 0 Å². The predicted octanol–water partition coefficient (Wildman–Crippen LogP) is 3.30. The Morgan fingerprint density at radius 3 is 2.37 bits per heavy atom. The first-order valence-corrected chi connectivity index (χ1v) is 6.26. The second kappa shape index (κ2) is 6.05. The molecular weight excluding hydrogens is 240 g/mol. The maximum Gasteiger partial charge on any atom is 0.163 e. The summed E-state index contributed by atoms with van der Waals surface area (Å²) in [6, 6.07) is 14.2. The Morgan fingerprint density at radius 2 is 1.68 bits per heavy atom. The zero-order valence-electron chi connectivity index (χ0n) is 10.5. The lowest BCUT2D eigenvalue weighted by molar-refractivity contribution is 0.0980.